The fraction of sp³-hybridized carbons (Fsp3) is 0.389. The van der Waals surface area contributed by atoms with Crippen molar-refractivity contribution in [3.05, 3.63) is 50.4 Å². The van der Waals surface area contributed by atoms with E-state index in [1.807, 2.05) is 38.1 Å². The number of nitrogens with zero attached hydrogens (tertiary/aromatic N) is 2. The Hall–Kier alpha value is -1.39. The van der Waals surface area contributed by atoms with Crippen LogP contribution < -0.4 is 10.6 Å². The first-order chi connectivity index (χ1) is 12.5. The van der Waals surface area contributed by atoms with E-state index < -0.39 is 0 Å². The highest BCUT2D eigenvalue weighted by Crippen LogP contribution is 2.24. The van der Waals surface area contributed by atoms with Crippen LogP contribution in [0.1, 0.15) is 45.8 Å². The molecule has 2 aromatic rings. The zero-order valence-corrected chi connectivity index (χ0v) is 19.6. The van der Waals surface area contributed by atoms with Gasteiger partial charge in [0.25, 0.3) is 0 Å². The number of esters is 1. The monoisotopic (exact) mass is 522 g/mol. The van der Waals surface area contributed by atoms with Crippen molar-refractivity contribution in [1.82, 2.24) is 15.6 Å². The van der Waals surface area contributed by atoms with E-state index in [4.69, 9.17) is 16.3 Å². The van der Waals surface area contributed by atoms with Crippen LogP contribution in [0.2, 0.25) is 5.02 Å². The maximum absolute atomic E-state index is 12.0. The van der Waals surface area contributed by atoms with E-state index in [2.05, 4.69) is 20.6 Å². The minimum Gasteiger partial charge on any atom is -0.462 e. The largest absolute Gasteiger partial charge is 0.462 e. The maximum atomic E-state index is 12.0. The van der Waals surface area contributed by atoms with Crippen molar-refractivity contribution in [3.63, 3.8) is 0 Å². The van der Waals surface area contributed by atoms with E-state index in [0.717, 1.165) is 10.6 Å². The van der Waals surface area contributed by atoms with Gasteiger partial charge in [-0.2, -0.15) is 0 Å². The lowest BCUT2D eigenvalue weighted by Crippen LogP contribution is -2.38. The molecule has 0 saturated carbocycles. The third-order valence-corrected chi connectivity index (χ3v) is 5.31. The van der Waals surface area contributed by atoms with Gasteiger partial charge in [0.2, 0.25) is 0 Å². The van der Waals surface area contributed by atoms with Gasteiger partial charge in [-0.15, -0.1) is 35.3 Å². The highest BCUT2D eigenvalue weighted by molar-refractivity contribution is 14.0. The van der Waals surface area contributed by atoms with Crippen LogP contribution >= 0.6 is 46.9 Å². The highest BCUT2D eigenvalue weighted by atomic mass is 127. The summed E-state index contributed by atoms with van der Waals surface area (Å²) < 4.78 is 5.07. The van der Waals surface area contributed by atoms with Crippen LogP contribution in [0.5, 0.6) is 0 Å². The second-order valence-corrected chi connectivity index (χ2v) is 7.01. The lowest BCUT2D eigenvalue weighted by Gasteiger charge is -2.16. The molecular weight excluding hydrogens is 499 g/mol. The van der Waals surface area contributed by atoms with E-state index in [-0.39, 0.29) is 36.0 Å². The van der Waals surface area contributed by atoms with Crippen LogP contribution in [0.15, 0.2) is 29.3 Å². The van der Waals surface area contributed by atoms with E-state index >= 15 is 0 Å². The van der Waals surface area contributed by atoms with Crippen LogP contribution in [0.4, 0.5) is 0 Å². The number of nitrogens with one attached hydrogen (secondary N) is 2. The summed E-state index contributed by atoms with van der Waals surface area (Å²) >= 11 is 7.51. The van der Waals surface area contributed by atoms with Crippen molar-refractivity contribution in [2.75, 3.05) is 13.7 Å². The van der Waals surface area contributed by atoms with Crippen LogP contribution in [0.3, 0.4) is 0 Å². The maximum Gasteiger partial charge on any atom is 0.350 e. The lowest BCUT2D eigenvalue weighted by molar-refractivity contribution is 0.0531. The van der Waals surface area contributed by atoms with Gasteiger partial charge >= 0.3 is 5.97 Å². The minimum absolute atomic E-state index is 0. The van der Waals surface area contributed by atoms with Crippen LogP contribution in [-0.4, -0.2) is 30.6 Å². The molecule has 0 spiro atoms. The summed E-state index contributed by atoms with van der Waals surface area (Å²) in [5.41, 5.74) is 1.66. The van der Waals surface area contributed by atoms with Crippen LogP contribution in [0.25, 0.3) is 0 Å². The van der Waals surface area contributed by atoms with Crippen molar-refractivity contribution in [3.8, 4) is 0 Å². The average Bonchev–Trinajstić information content (AvgIpc) is 3.02. The smallest absolute Gasteiger partial charge is 0.350 e. The molecule has 0 fully saturated rings. The molecule has 148 valence electrons. The Bertz CT molecular complexity index is 797. The van der Waals surface area contributed by atoms with Crippen LogP contribution in [-0.2, 0) is 11.3 Å². The van der Waals surface area contributed by atoms with Crippen LogP contribution in [0, 0.1) is 6.92 Å². The number of aliphatic imine (C=N–C) groups is 1. The number of hydrogen-bond donors (Lipinski definition) is 2. The number of guanidine groups is 1. The Morgan fingerprint density at radius 2 is 2.11 bits per heavy atom. The number of rotatable bonds is 6. The summed E-state index contributed by atoms with van der Waals surface area (Å²) in [4.78, 5) is 21.2. The van der Waals surface area contributed by atoms with Crippen molar-refractivity contribution in [2.24, 2.45) is 4.99 Å². The van der Waals surface area contributed by atoms with Gasteiger partial charge in [0.1, 0.15) is 9.88 Å². The molecule has 1 unspecified atom stereocenters. The van der Waals surface area contributed by atoms with Gasteiger partial charge in [0.05, 0.1) is 18.3 Å². The van der Waals surface area contributed by atoms with Gasteiger partial charge in [-0.05, 0) is 32.4 Å². The first-order valence-electron chi connectivity index (χ1n) is 8.31. The zero-order valence-electron chi connectivity index (χ0n) is 15.7. The summed E-state index contributed by atoms with van der Waals surface area (Å²) in [7, 11) is 1.70. The molecule has 27 heavy (non-hydrogen) atoms. The number of aromatic nitrogens is 1. The van der Waals surface area contributed by atoms with E-state index in [1.54, 1.807) is 14.0 Å². The molecule has 0 bridgehead atoms. The Morgan fingerprint density at radius 1 is 1.41 bits per heavy atom. The molecule has 1 atom stereocenters. The SMILES string of the molecule is CCOC(=O)c1sc(C(C)NC(=NC)NCc2ccccc2Cl)nc1C.I. The molecule has 0 aliphatic carbocycles. The summed E-state index contributed by atoms with van der Waals surface area (Å²) in [6.07, 6.45) is 0. The van der Waals surface area contributed by atoms with Gasteiger partial charge < -0.3 is 15.4 Å². The minimum atomic E-state index is -0.331. The number of ether oxygens (including phenoxy) is 1. The normalized spacial score (nSPS) is 12.1. The molecule has 1 aromatic carbocycles. The Kier molecular flexibility index (Phi) is 10.0. The van der Waals surface area contributed by atoms with E-state index in [9.17, 15) is 4.79 Å². The fourth-order valence-corrected chi connectivity index (χ4v) is 3.44. The zero-order chi connectivity index (χ0) is 19.1. The first-order valence-corrected chi connectivity index (χ1v) is 9.50. The van der Waals surface area contributed by atoms with Crippen molar-refractivity contribution < 1.29 is 9.53 Å². The molecule has 0 aliphatic heterocycles. The number of carbonyl (C=O) groups is 1. The number of halogens is 2. The lowest BCUT2D eigenvalue weighted by atomic mass is 10.2. The Morgan fingerprint density at radius 3 is 2.74 bits per heavy atom. The van der Waals surface area contributed by atoms with Crippen molar-refractivity contribution in [2.45, 2.75) is 33.4 Å². The Labute approximate surface area is 185 Å². The summed E-state index contributed by atoms with van der Waals surface area (Å²) in [6, 6.07) is 7.54. The molecule has 0 aliphatic rings. The fourth-order valence-electron chi connectivity index (χ4n) is 2.27. The van der Waals surface area contributed by atoms with E-state index in [0.29, 0.717) is 34.7 Å². The first kappa shape index (κ1) is 23.6. The molecular formula is C18H24ClIN4O2S. The summed E-state index contributed by atoms with van der Waals surface area (Å²) in [5.74, 6) is 0.296. The third-order valence-electron chi connectivity index (χ3n) is 3.63. The summed E-state index contributed by atoms with van der Waals surface area (Å²) in [6.45, 7) is 6.46. The second-order valence-electron chi connectivity index (χ2n) is 5.57. The molecule has 2 rings (SSSR count). The van der Waals surface area contributed by atoms with Crippen molar-refractivity contribution >= 4 is 58.8 Å². The van der Waals surface area contributed by atoms with Crippen molar-refractivity contribution in [1.29, 1.82) is 0 Å². The molecule has 2 N–H and O–H groups in total. The molecule has 0 radical (unpaired) electrons. The second kappa shape index (κ2) is 11.5. The average molecular weight is 523 g/mol. The molecule has 1 aromatic heterocycles. The molecule has 0 amide bonds. The van der Waals surface area contributed by atoms with Gasteiger partial charge in [0, 0.05) is 18.6 Å². The predicted octanol–water partition coefficient (Wildman–Crippen LogP) is 4.33. The predicted molar refractivity (Wildman–Crippen MR) is 121 cm³/mol. The number of aryl methyl sites for hydroxylation is 1. The number of thiazole rings is 1. The number of hydrogen-bond acceptors (Lipinski definition) is 5. The summed E-state index contributed by atoms with van der Waals surface area (Å²) in [5, 5.41) is 8.01. The molecule has 9 heteroatoms. The van der Waals surface area contributed by atoms with E-state index in [1.165, 1.54) is 11.3 Å². The van der Waals surface area contributed by atoms with Gasteiger partial charge in [0.15, 0.2) is 5.96 Å². The number of carbonyl (C=O) groups excluding carboxylic acids is 1. The van der Waals surface area contributed by atoms with Gasteiger partial charge in [-0.1, -0.05) is 29.8 Å². The topological polar surface area (TPSA) is 75.6 Å². The Balaban J connectivity index is 0.00000364. The quantitative estimate of drug-likeness (QED) is 0.256. The molecule has 0 saturated heterocycles. The highest BCUT2D eigenvalue weighted by Gasteiger charge is 2.20. The molecule has 6 nitrogen and oxygen atoms in total. The van der Waals surface area contributed by atoms with Gasteiger partial charge in [-0.25, -0.2) is 9.78 Å². The number of benzene rings is 1. The van der Waals surface area contributed by atoms with Gasteiger partial charge in [-0.3, -0.25) is 4.99 Å². The third kappa shape index (κ3) is 6.62. The standard InChI is InChI=1S/C18H23ClN4O2S.HI/c1-5-25-17(24)15-11(2)22-16(26-15)12(3)23-18(20-4)21-10-13-8-6-7-9-14(13)19;/h6-9,12H,5,10H2,1-4H3,(H2,20,21,23);1H. The molecule has 1 heterocycles.